The summed E-state index contributed by atoms with van der Waals surface area (Å²) in [7, 11) is 0. The topological polar surface area (TPSA) is 42.7 Å². The smallest absolute Gasteiger partial charge is 0.141 e. The van der Waals surface area contributed by atoms with Gasteiger partial charge in [-0.2, -0.15) is 5.10 Å². The maximum atomic E-state index is 13.3. The third kappa shape index (κ3) is 3.84. The average molecular weight is 327 g/mol. The molecule has 0 aliphatic rings. The largest absolute Gasteiger partial charge is 0.308 e. The van der Waals surface area contributed by atoms with Crippen molar-refractivity contribution in [3.63, 3.8) is 0 Å². The number of hydrogen-bond acceptors (Lipinski definition) is 3. The van der Waals surface area contributed by atoms with Gasteiger partial charge in [0.1, 0.15) is 18.0 Å². The Hall–Kier alpha value is -1.27. The zero-order valence-electron chi connectivity index (χ0n) is 10.9. The van der Waals surface area contributed by atoms with Crippen LogP contribution in [0.25, 0.3) is 0 Å². The van der Waals surface area contributed by atoms with E-state index in [0.29, 0.717) is 19.1 Å². The van der Waals surface area contributed by atoms with E-state index in [9.17, 15) is 4.39 Å². The van der Waals surface area contributed by atoms with Crippen LogP contribution in [0, 0.1) is 5.82 Å². The van der Waals surface area contributed by atoms with Crippen LogP contribution in [0.2, 0.25) is 0 Å². The molecule has 0 bridgehead atoms. The molecule has 1 N–H and O–H groups in total. The summed E-state index contributed by atoms with van der Waals surface area (Å²) >= 11 is 3.42. The molecule has 1 aromatic heterocycles. The van der Waals surface area contributed by atoms with Gasteiger partial charge in [0.05, 0.1) is 13.1 Å². The molecule has 102 valence electrons. The molecule has 0 saturated carbocycles. The van der Waals surface area contributed by atoms with Crippen molar-refractivity contribution in [2.75, 3.05) is 0 Å². The Kier molecular flexibility index (Phi) is 4.66. The number of benzene rings is 1. The number of hydrogen-bond donors (Lipinski definition) is 1. The van der Waals surface area contributed by atoms with Crippen molar-refractivity contribution in [1.82, 2.24) is 20.1 Å². The lowest BCUT2D eigenvalue weighted by Gasteiger charge is -2.10. The molecule has 0 unspecified atom stereocenters. The van der Waals surface area contributed by atoms with Gasteiger partial charge in [-0.25, -0.2) is 14.1 Å². The first kappa shape index (κ1) is 14.1. The van der Waals surface area contributed by atoms with E-state index in [1.807, 2.05) is 0 Å². The molecule has 4 nitrogen and oxygen atoms in total. The number of nitrogens with zero attached hydrogens (tertiary/aromatic N) is 3. The minimum Gasteiger partial charge on any atom is -0.308 e. The second-order valence-electron chi connectivity index (χ2n) is 4.61. The van der Waals surface area contributed by atoms with Crippen molar-refractivity contribution in [3.8, 4) is 0 Å². The minimum atomic E-state index is -0.250. The van der Waals surface area contributed by atoms with Crippen LogP contribution < -0.4 is 5.32 Å². The molecular weight excluding hydrogens is 311 g/mol. The molecule has 2 aromatic rings. The molecule has 0 fully saturated rings. The standard InChI is InChI=1S/C13H16BrFN4/c1-9(2)16-6-13-17-8-18-19(13)7-10-5-11(15)3-4-12(10)14/h3-5,8-9,16H,6-7H2,1-2H3. The van der Waals surface area contributed by atoms with Gasteiger partial charge in [0.25, 0.3) is 0 Å². The summed E-state index contributed by atoms with van der Waals surface area (Å²) in [6, 6.07) is 5.01. The fraction of sp³-hybridized carbons (Fsp3) is 0.385. The Bertz CT molecular complexity index is 553. The third-order valence-electron chi connectivity index (χ3n) is 2.69. The summed E-state index contributed by atoms with van der Waals surface area (Å²) in [5.41, 5.74) is 0.844. The van der Waals surface area contributed by atoms with E-state index < -0.39 is 0 Å². The van der Waals surface area contributed by atoms with E-state index in [0.717, 1.165) is 15.9 Å². The fourth-order valence-electron chi connectivity index (χ4n) is 1.68. The van der Waals surface area contributed by atoms with Gasteiger partial charge < -0.3 is 5.32 Å². The molecule has 0 aliphatic carbocycles. The van der Waals surface area contributed by atoms with E-state index in [1.54, 1.807) is 10.7 Å². The number of rotatable bonds is 5. The monoisotopic (exact) mass is 326 g/mol. The summed E-state index contributed by atoms with van der Waals surface area (Å²) in [6.45, 7) is 5.28. The predicted octanol–water partition coefficient (Wildman–Crippen LogP) is 2.73. The SMILES string of the molecule is CC(C)NCc1ncnn1Cc1cc(F)ccc1Br. The summed E-state index contributed by atoms with van der Waals surface area (Å²) in [5, 5.41) is 7.47. The van der Waals surface area contributed by atoms with Gasteiger partial charge in [-0.05, 0) is 23.8 Å². The molecule has 0 atom stereocenters. The lowest BCUT2D eigenvalue weighted by atomic mass is 10.2. The van der Waals surface area contributed by atoms with Crippen LogP contribution in [-0.4, -0.2) is 20.8 Å². The van der Waals surface area contributed by atoms with Crippen LogP contribution >= 0.6 is 15.9 Å². The van der Waals surface area contributed by atoms with Gasteiger partial charge >= 0.3 is 0 Å². The molecule has 0 radical (unpaired) electrons. The van der Waals surface area contributed by atoms with Crippen molar-refractivity contribution >= 4 is 15.9 Å². The Balaban J connectivity index is 2.15. The fourth-order valence-corrected chi connectivity index (χ4v) is 2.05. The quantitative estimate of drug-likeness (QED) is 0.918. The van der Waals surface area contributed by atoms with Crippen LogP contribution in [0.3, 0.4) is 0 Å². The second-order valence-corrected chi connectivity index (χ2v) is 5.46. The van der Waals surface area contributed by atoms with E-state index in [-0.39, 0.29) is 5.82 Å². The van der Waals surface area contributed by atoms with E-state index in [4.69, 9.17) is 0 Å². The maximum Gasteiger partial charge on any atom is 0.141 e. The summed E-state index contributed by atoms with van der Waals surface area (Å²) in [4.78, 5) is 4.22. The van der Waals surface area contributed by atoms with E-state index >= 15 is 0 Å². The number of aromatic nitrogens is 3. The molecule has 6 heteroatoms. The van der Waals surface area contributed by atoms with Crippen molar-refractivity contribution in [2.45, 2.75) is 33.0 Å². The Labute approximate surface area is 120 Å². The maximum absolute atomic E-state index is 13.3. The number of nitrogens with one attached hydrogen (secondary N) is 1. The first-order valence-corrected chi connectivity index (χ1v) is 6.89. The van der Waals surface area contributed by atoms with Crippen molar-refractivity contribution in [3.05, 3.63) is 46.2 Å². The van der Waals surface area contributed by atoms with E-state index in [2.05, 4.69) is 45.2 Å². The lowest BCUT2D eigenvalue weighted by molar-refractivity contribution is 0.537. The molecule has 0 saturated heterocycles. The van der Waals surface area contributed by atoms with Crippen molar-refractivity contribution < 1.29 is 4.39 Å². The minimum absolute atomic E-state index is 0.250. The molecule has 2 rings (SSSR count). The zero-order valence-corrected chi connectivity index (χ0v) is 12.5. The normalized spacial score (nSPS) is 11.2. The van der Waals surface area contributed by atoms with Gasteiger partial charge in [0.2, 0.25) is 0 Å². The van der Waals surface area contributed by atoms with Gasteiger partial charge in [0, 0.05) is 10.5 Å². The van der Waals surface area contributed by atoms with Crippen LogP contribution in [0.1, 0.15) is 25.2 Å². The van der Waals surface area contributed by atoms with Crippen LogP contribution in [0.4, 0.5) is 4.39 Å². The molecule has 0 spiro atoms. The summed E-state index contributed by atoms with van der Waals surface area (Å²) in [6.07, 6.45) is 1.52. The predicted molar refractivity (Wildman–Crippen MR) is 75.2 cm³/mol. The number of halogens is 2. The highest BCUT2D eigenvalue weighted by Gasteiger charge is 2.08. The van der Waals surface area contributed by atoms with Crippen LogP contribution in [-0.2, 0) is 13.1 Å². The van der Waals surface area contributed by atoms with Crippen molar-refractivity contribution in [2.24, 2.45) is 0 Å². The lowest BCUT2D eigenvalue weighted by Crippen LogP contribution is -2.24. The third-order valence-corrected chi connectivity index (χ3v) is 3.47. The second kappa shape index (κ2) is 6.25. The molecule has 1 heterocycles. The molecule has 0 aliphatic heterocycles. The molecule has 1 aromatic carbocycles. The molecule has 19 heavy (non-hydrogen) atoms. The zero-order chi connectivity index (χ0) is 13.8. The van der Waals surface area contributed by atoms with Gasteiger partial charge in [-0.3, -0.25) is 0 Å². The average Bonchev–Trinajstić information content (AvgIpc) is 2.79. The Morgan fingerprint density at radius 3 is 2.95 bits per heavy atom. The highest BCUT2D eigenvalue weighted by molar-refractivity contribution is 9.10. The van der Waals surface area contributed by atoms with Gasteiger partial charge in [0.15, 0.2) is 0 Å². The summed E-state index contributed by atoms with van der Waals surface area (Å²) in [5.74, 6) is 0.588. The highest BCUT2D eigenvalue weighted by Crippen LogP contribution is 2.19. The van der Waals surface area contributed by atoms with Gasteiger partial charge in [-0.1, -0.05) is 29.8 Å². The summed E-state index contributed by atoms with van der Waals surface area (Å²) < 4.78 is 15.9. The Morgan fingerprint density at radius 2 is 2.21 bits per heavy atom. The Morgan fingerprint density at radius 1 is 1.42 bits per heavy atom. The van der Waals surface area contributed by atoms with Crippen molar-refractivity contribution in [1.29, 1.82) is 0 Å². The first-order chi connectivity index (χ1) is 9.06. The highest BCUT2D eigenvalue weighted by atomic mass is 79.9. The molecular formula is C13H16BrFN4. The first-order valence-electron chi connectivity index (χ1n) is 6.10. The van der Waals surface area contributed by atoms with E-state index in [1.165, 1.54) is 18.5 Å². The molecule has 0 amide bonds. The van der Waals surface area contributed by atoms with Crippen LogP contribution in [0.5, 0.6) is 0 Å². The van der Waals surface area contributed by atoms with Gasteiger partial charge in [-0.15, -0.1) is 0 Å². The van der Waals surface area contributed by atoms with Crippen LogP contribution in [0.15, 0.2) is 29.0 Å².